The third-order valence-corrected chi connectivity index (χ3v) is 3.68. The number of hydrogen-bond donors (Lipinski definition) is 1. The summed E-state index contributed by atoms with van der Waals surface area (Å²) in [7, 11) is 0. The van der Waals surface area contributed by atoms with E-state index < -0.39 is 0 Å². The highest BCUT2D eigenvalue weighted by atomic mass is 15.0. The molecule has 20 heavy (non-hydrogen) atoms. The van der Waals surface area contributed by atoms with E-state index >= 15 is 0 Å². The Labute approximate surface area is 117 Å². The fourth-order valence-corrected chi connectivity index (χ4v) is 2.45. The predicted molar refractivity (Wildman–Crippen MR) is 78.7 cm³/mol. The highest BCUT2D eigenvalue weighted by molar-refractivity contribution is 5.87. The van der Waals surface area contributed by atoms with Gasteiger partial charge in [-0.15, -0.1) is 0 Å². The fourth-order valence-electron chi connectivity index (χ4n) is 2.45. The molecule has 1 aliphatic carbocycles. The van der Waals surface area contributed by atoms with Crippen LogP contribution in [-0.2, 0) is 6.54 Å². The lowest BCUT2D eigenvalue weighted by Crippen LogP contribution is -2.16. The molecule has 2 aromatic heterocycles. The molecule has 0 unspecified atom stereocenters. The van der Waals surface area contributed by atoms with E-state index in [4.69, 9.17) is 4.98 Å². The number of benzene rings is 1. The molecule has 100 valence electrons. The maximum atomic E-state index is 4.75. The van der Waals surface area contributed by atoms with Crippen LogP contribution in [0.25, 0.3) is 16.6 Å². The van der Waals surface area contributed by atoms with Crippen LogP contribution in [0.4, 0.5) is 0 Å². The molecule has 3 aromatic rings. The number of nitrogens with one attached hydrogen (secondary N) is 1. The minimum atomic E-state index is 0.694. The van der Waals surface area contributed by atoms with Crippen molar-refractivity contribution in [3.05, 3.63) is 54.7 Å². The lowest BCUT2D eigenvalue weighted by molar-refractivity contribution is 0.676. The summed E-state index contributed by atoms with van der Waals surface area (Å²) in [6.07, 6.45) is 8.20. The Kier molecular flexibility index (Phi) is 2.74. The monoisotopic (exact) mass is 264 g/mol. The van der Waals surface area contributed by atoms with Crippen LogP contribution in [0.5, 0.6) is 0 Å². The number of rotatable bonds is 4. The summed E-state index contributed by atoms with van der Waals surface area (Å²) in [4.78, 5) is 8.90. The Hall–Kier alpha value is -2.20. The second kappa shape index (κ2) is 4.72. The molecule has 4 rings (SSSR count). The van der Waals surface area contributed by atoms with Gasteiger partial charge in [-0.3, -0.25) is 4.98 Å². The maximum Gasteiger partial charge on any atom is 0.0991 e. The number of nitrogens with zero attached hydrogens (tertiary/aromatic N) is 3. The van der Waals surface area contributed by atoms with Crippen LogP contribution in [-0.4, -0.2) is 20.6 Å². The maximum absolute atomic E-state index is 4.75. The number of fused-ring (bicyclic) bond motifs is 1. The lowest BCUT2D eigenvalue weighted by atomic mass is 10.1. The molecule has 0 radical (unpaired) electrons. The molecule has 0 spiro atoms. The van der Waals surface area contributed by atoms with Gasteiger partial charge in [0.1, 0.15) is 0 Å². The number of hydrogen-bond acceptors (Lipinski definition) is 3. The largest absolute Gasteiger partial charge is 0.308 e. The minimum absolute atomic E-state index is 0.694. The minimum Gasteiger partial charge on any atom is -0.308 e. The molecular weight excluding hydrogens is 248 g/mol. The molecule has 1 N–H and O–H groups in total. The number of para-hydroxylation sites is 1. The van der Waals surface area contributed by atoms with E-state index in [1.165, 1.54) is 12.8 Å². The van der Waals surface area contributed by atoms with Crippen LogP contribution in [0.3, 0.4) is 0 Å². The fraction of sp³-hybridized carbons (Fsp3) is 0.250. The van der Waals surface area contributed by atoms with Crippen molar-refractivity contribution in [3.63, 3.8) is 0 Å². The molecule has 0 aliphatic heterocycles. The van der Waals surface area contributed by atoms with Crippen LogP contribution in [0.1, 0.15) is 18.5 Å². The van der Waals surface area contributed by atoms with Crippen molar-refractivity contribution in [2.75, 3.05) is 0 Å². The number of aromatic nitrogens is 3. The van der Waals surface area contributed by atoms with Crippen LogP contribution < -0.4 is 5.32 Å². The average Bonchev–Trinajstić information content (AvgIpc) is 3.16. The molecule has 0 atom stereocenters. The van der Waals surface area contributed by atoms with Gasteiger partial charge < -0.3 is 9.88 Å². The second-order valence-electron chi connectivity index (χ2n) is 5.27. The van der Waals surface area contributed by atoms with E-state index in [0.29, 0.717) is 6.04 Å². The van der Waals surface area contributed by atoms with Crippen LogP contribution in [0, 0.1) is 0 Å². The van der Waals surface area contributed by atoms with Crippen molar-refractivity contribution in [2.24, 2.45) is 0 Å². The zero-order chi connectivity index (χ0) is 13.4. The Morgan fingerprint density at radius 3 is 2.95 bits per heavy atom. The summed E-state index contributed by atoms with van der Waals surface area (Å²) in [6.45, 7) is 0.831. The molecule has 1 fully saturated rings. The summed E-state index contributed by atoms with van der Waals surface area (Å²) in [5.74, 6) is 0. The molecule has 4 heteroatoms. The first kappa shape index (κ1) is 11.6. The summed E-state index contributed by atoms with van der Waals surface area (Å²) in [6, 6.07) is 11.1. The third kappa shape index (κ3) is 2.18. The van der Waals surface area contributed by atoms with Crippen LogP contribution in [0.2, 0.25) is 0 Å². The molecule has 1 aliphatic rings. The number of pyridine rings is 1. The van der Waals surface area contributed by atoms with Gasteiger partial charge in [-0.2, -0.15) is 0 Å². The van der Waals surface area contributed by atoms with Crippen molar-refractivity contribution < 1.29 is 0 Å². The van der Waals surface area contributed by atoms with Crippen LogP contribution in [0.15, 0.2) is 49.1 Å². The van der Waals surface area contributed by atoms with Gasteiger partial charge in [0.25, 0.3) is 0 Å². The zero-order valence-corrected chi connectivity index (χ0v) is 11.2. The van der Waals surface area contributed by atoms with E-state index in [1.807, 2.05) is 29.2 Å². The quantitative estimate of drug-likeness (QED) is 0.788. The smallest absolute Gasteiger partial charge is 0.0991 e. The molecule has 0 saturated heterocycles. The van der Waals surface area contributed by atoms with Crippen molar-refractivity contribution >= 4 is 10.9 Å². The van der Waals surface area contributed by atoms with Gasteiger partial charge in [0, 0.05) is 30.4 Å². The summed E-state index contributed by atoms with van der Waals surface area (Å²) in [5, 5.41) is 4.68. The highest BCUT2D eigenvalue weighted by Crippen LogP contribution is 2.23. The molecule has 0 bridgehead atoms. The lowest BCUT2D eigenvalue weighted by Gasteiger charge is -2.10. The summed E-state index contributed by atoms with van der Waals surface area (Å²) >= 11 is 0. The van der Waals surface area contributed by atoms with E-state index in [2.05, 4.69) is 28.5 Å². The predicted octanol–water partition coefficient (Wildman–Crippen LogP) is 2.67. The first-order chi connectivity index (χ1) is 9.90. The second-order valence-corrected chi connectivity index (χ2v) is 5.27. The molecular formula is C16H16N4. The van der Waals surface area contributed by atoms with Gasteiger partial charge in [-0.05, 0) is 25.0 Å². The van der Waals surface area contributed by atoms with E-state index in [9.17, 15) is 0 Å². The zero-order valence-electron chi connectivity index (χ0n) is 11.2. The normalized spacial score (nSPS) is 14.8. The standard InChI is InChI=1S/C16H16N4/c1-2-4-15-14(3-1)16(20-8-7-17-11-20)9-13(19-15)10-18-12-5-6-12/h1-4,7-9,11-12,18H,5-6,10H2. The first-order valence-electron chi connectivity index (χ1n) is 7.00. The van der Waals surface area contributed by atoms with Gasteiger partial charge in [0.15, 0.2) is 0 Å². The SMILES string of the molecule is c1ccc2c(-n3ccnc3)cc(CNC3CC3)nc2c1. The van der Waals surface area contributed by atoms with Gasteiger partial charge in [-0.1, -0.05) is 18.2 Å². The van der Waals surface area contributed by atoms with Gasteiger partial charge in [-0.25, -0.2) is 4.98 Å². The number of imidazole rings is 1. The van der Waals surface area contributed by atoms with Gasteiger partial charge in [0.05, 0.1) is 23.2 Å². The molecule has 1 aromatic carbocycles. The molecule has 4 nitrogen and oxygen atoms in total. The van der Waals surface area contributed by atoms with E-state index in [-0.39, 0.29) is 0 Å². The van der Waals surface area contributed by atoms with Crippen molar-refractivity contribution in [3.8, 4) is 5.69 Å². The van der Waals surface area contributed by atoms with Crippen LogP contribution >= 0.6 is 0 Å². The highest BCUT2D eigenvalue weighted by Gasteiger charge is 2.20. The topological polar surface area (TPSA) is 42.7 Å². The van der Waals surface area contributed by atoms with Crippen molar-refractivity contribution in [1.82, 2.24) is 19.9 Å². The summed E-state index contributed by atoms with van der Waals surface area (Å²) in [5.41, 5.74) is 3.26. The first-order valence-corrected chi connectivity index (χ1v) is 7.00. The molecule has 0 amide bonds. The Balaban J connectivity index is 1.81. The Morgan fingerprint density at radius 1 is 1.25 bits per heavy atom. The van der Waals surface area contributed by atoms with Gasteiger partial charge in [0.2, 0.25) is 0 Å². The van der Waals surface area contributed by atoms with Gasteiger partial charge >= 0.3 is 0 Å². The van der Waals surface area contributed by atoms with Crippen molar-refractivity contribution in [2.45, 2.75) is 25.4 Å². The Bertz CT molecular complexity index is 729. The Morgan fingerprint density at radius 2 is 2.15 bits per heavy atom. The van der Waals surface area contributed by atoms with E-state index in [1.54, 1.807) is 6.20 Å². The average molecular weight is 264 g/mol. The summed E-state index contributed by atoms with van der Waals surface area (Å²) < 4.78 is 2.05. The van der Waals surface area contributed by atoms with E-state index in [0.717, 1.165) is 28.8 Å². The van der Waals surface area contributed by atoms with Crippen molar-refractivity contribution in [1.29, 1.82) is 0 Å². The molecule has 1 saturated carbocycles. The molecule has 2 heterocycles. The third-order valence-electron chi connectivity index (χ3n) is 3.68.